The van der Waals surface area contributed by atoms with Crippen molar-refractivity contribution < 1.29 is 20.3 Å². The zero-order valence-electron chi connectivity index (χ0n) is 7.02. The van der Waals surface area contributed by atoms with Gasteiger partial charge in [0.1, 0.15) is 11.2 Å². The van der Waals surface area contributed by atoms with Crippen molar-refractivity contribution in [2.45, 2.75) is 25.0 Å². The van der Waals surface area contributed by atoms with Crippen LogP contribution in [0.3, 0.4) is 0 Å². The molecule has 0 aromatic heterocycles. The summed E-state index contributed by atoms with van der Waals surface area (Å²) in [6.45, 7) is 3.36. The summed E-state index contributed by atoms with van der Waals surface area (Å²) in [7, 11) is 0. The highest BCUT2D eigenvalue weighted by Crippen LogP contribution is 2.25. The SMILES string of the molecule is CC1(OO)C=CC(C)(OO)C=C1. The largest absolute Gasteiger partial charge is 0.251 e. The van der Waals surface area contributed by atoms with E-state index in [2.05, 4.69) is 9.78 Å². The normalized spacial score (nSPS) is 40.3. The van der Waals surface area contributed by atoms with E-state index >= 15 is 0 Å². The molecule has 4 nitrogen and oxygen atoms in total. The number of hydrogen-bond acceptors (Lipinski definition) is 4. The van der Waals surface area contributed by atoms with Gasteiger partial charge in [-0.25, -0.2) is 9.78 Å². The van der Waals surface area contributed by atoms with E-state index in [1.807, 2.05) is 0 Å². The van der Waals surface area contributed by atoms with Gasteiger partial charge in [0.05, 0.1) is 0 Å². The van der Waals surface area contributed by atoms with Crippen molar-refractivity contribution >= 4 is 0 Å². The fourth-order valence-corrected chi connectivity index (χ4v) is 0.895. The van der Waals surface area contributed by atoms with Gasteiger partial charge in [-0.3, -0.25) is 10.5 Å². The van der Waals surface area contributed by atoms with Crippen LogP contribution in [0.1, 0.15) is 13.8 Å². The van der Waals surface area contributed by atoms with E-state index < -0.39 is 11.2 Å². The molecule has 68 valence electrons. The lowest BCUT2D eigenvalue weighted by atomic mass is 9.92. The number of rotatable bonds is 2. The second-order valence-corrected chi connectivity index (χ2v) is 3.22. The molecule has 0 fully saturated rings. The molecule has 1 rings (SSSR count). The minimum absolute atomic E-state index is 0.821. The molecular formula is C8H12O4. The summed E-state index contributed by atoms with van der Waals surface area (Å²) < 4.78 is 0. The molecule has 0 spiro atoms. The van der Waals surface area contributed by atoms with Gasteiger partial charge >= 0.3 is 0 Å². The molecule has 0 saturated carbocycles. The van der Waals surface area contributed by atoms with Crippen LogP contribution < -0.4 is 0 Å². The van der Waals surface area contributed by atoms with Crippen LogP contribution in [0.25, 0.3) is 0 Å². The molecule has 0 bridgehead atoms. The predicted octanol–water partition coefficient (Wildman–Crippen LogP) is 1.61. The van der Waals surface area contributed by atoms with Crippen molar-refractivity contribution in [3.8, 4) is 0 Å². The summed E-state index contributed by atoms with van der Waals surface area (Å²) in [6, 6.07) is 0. The fourth-order valence-electron chi connectivity index (χ4n) is 0.895. The second kappa shape index (κ2) is 2.99. The van der Waals surface area contributed by atoms with E-state index in [0.29, 0.717) is 0 Å². The lowest BCUT2D eigenvalue weighted by Gasteiger charge is -2.27. The van der Waals surface area contributed by atoms with Crippen LogP contribution in [0.5, 0.6) is 0 Å². The van der Waals surface area contributed by atoms with Crippen LogP contribution in [0.4, 0.5) is 0 Å². The minimum Gasteiger partial charge on any atom is -0.251 e. The van der Waals surface area contributed by atoms with Crippen molar-refractivity contribution in [1.29, 1.82) is 0 Å². The maximum atomic E-state index is 8.49. The highest BCUT2D eigenvalue weighted by atomic mass is 17.1. The molecule has 12 heavy (non-hydrogen) atoms. The summed E-state index contributed by atoms with van der Waals surface area (Å²) >= 11 is 0. The van der Waals surface area contributed by atoms with Crippen LogP contribution in [-0.4, -0.2) is 21.7 Å². The van der Waals surface area contributed by atoms with Gasteiger partial charge in [0.15, 0.2) is 0 Å². The molecule has 0 amide bonds. The Morgan fingerprint density at radius 1 is 0.833 bits per heavy atom. The Labute approximate surface area is 70.6 Å². The van der Waals surface area contributed by atoms with Gasteiger partial charge in [-0.15, -0.1) is 0 Å². The van der Waals surface area contributed by atoms with Crippen molar-refractivity contribution in [2.24, 2.45) is 0 Å². The van der Waals surface area contributed by atoms with Gasteiger partial charge in [-0.05, 0) is 38.2 Å². The van der Waals surface area contributed by atoms with Crippen LogP contribution in [0.2, 0.25) is 0 Å². The third-order valence-corrected chi connectivity index (χ3v) is 1.88. The average molecular weight is 172 g/mol. The number of hydrogen-bond donors (Lipinski definition) is 2. The summed E-state index contributed by atoms with van der Waals surface area (Å²) in [5.74, 6) is 0. The Balaban J connectivity index is 2.79. The summed E-state index contributed by atoms with van der Waals surface area (Å²) in [5.41, 5.74) is -1.64. The van der Waals surface area contributed by atoms with Crippen molar-refractivity contribution in [3.63, 3.8) is 0 Å². The Hall–Kier alpha value is -0.680. The lowest BCUT2D eigenvalue weighted by molar-refractivity contribution is -0.298. The van der Waals surface area contributed by atoms with Crippen molar-refractivity contribution in [3.05, 3.63) is 24.3 Å². The molecule has 1 aliphatic carbocycles. The molecule has 0 aliphatic heterocycles. The molecule has 0 radical (unpaired) electrons. The van der Waals surface area contributed by atoms with E-state index in [-0.39, 0.29) is 0 Å². The average Bonchev–Trinajstić information content (AvgIpc) is 2.11. The van der Waals surface area contributed by atoms with Gasteiger partial charge in [0, 0.05) is 0 Å². The van der Waals surface area contributed by atoms with Crippen LogP contribution in [0.15, 0.2) is 24.3 Å². The van der Waals surface area contributed by atoms with E-state index in [0.717, 1.165) is 0 Å². The first kappa shape index (κ1) is 9.41. The van der Waals surface area contributed by atoms with Gasteiger partial charge in [0.25, 0.3) is 0 Å². The van der Waals surface area contributed by atoms with Crippen LogP contribution in [-0.2, 0) is 9.78 Å². The van der Waals surface area contributed by atoms with Gasteiger partial charge < -0.3 is 0 Å². The van der Waals surface area contributed by atoms with E-state index in [4.69, 9.17) is 10.5 Å². The monoisotopic (exact) mass is 172 g/mol. The third kappa shape index (κ3) is 1.73. The molecule has 0 unspecified atom stereocenters. The molecule has 4 heteroatoms. The zero-order valence-corrected chi connectivity index (χ0v) is 7.02. The van der Waals surface area contributed by atoms with Crippen molar-refractivity contribution in [2.75, 3.05) is 0 Å². The van der Waals surface area contributed by atoms with Gasteiger partial charge in [-0.2, -0.15) is 0 Å². The molecule has 2 N–H and O–H groups in total. The minimum atomic E-state index is -0.821. The maximum Gasteiger partial charge on any atom is 0.137 e. The van der Waals surface area contributed by atoms with Crippen molar-refractivity contribution in [1.82, 2.24) is 0 Å². The topological polar surface area (TPSA) is 58.9 Å². The summed E-state index contributed by atoms with van der Waals surface area (Å²) in [6.07, 6.45) is 6.40. The molecule has 0 heterocycles. The van der Waals surface area contributed by atoms with Crippen LogP contribution >= 0.6 is 0 Å². The Bertz CT molecular complexity index is 183. The van der Waals surface area contributed by atoms with E-state index in [1.54, 1.807) is 38.2 Å². The van der Waals surface area contributed by atoms with Gasteiger partial charge in [-0.1, -0.05) is 0 Å². The first-order valence-corrected chi connectivity index (χ1v) is 3.59. The van der Waals surface area contributed by atoms with E-state index in [1.165, 1.54) is 0 Å². The quantitative estimate of drug-likeness (QED) is 0.377. The molecule has 0 atom stereocenters. The molecule has 1 aliphatic rings. The van der Waals surface area contributed by atoms with E-state index in [9.17, 15) is 0 Å². The summed E-state index contributed by atoms with van der Waals surface area (Å²) in [5, 5.41) is 17.0. The highest BCUT2D eigenvalue weighted by Gasteiger charge is 2.29. The Morgan fingerprint density at radius 2 is 1.08 bits per heavy atom. The van der Waals surface area contributed by atoms with Crippen LogP contribution in [0, 0.1) is 0 Å². The fraction of sp³-hybridized carbons (Fsp3) is 0.500. The molecular weight excluding hydrogens is 160 g/mol. The smallest absolute Gasteiger partial charge is 0.137 e. The first-order valence-electron chi connectivity index (χ1n) is 3.59. The molecule has 0 aromatic rings. The maximum absolute atomic E-state index is 8.49. The third-order valence-electron chi connectivity index (χ3n) is 1.88. The summed E-state index contributed by atoms with van der Waals surface area (Å²) in [4.78, 5) is 8.41. The Kier molecular flexibility index (Phi) is 2.34. The Morgan fingerprint density at radius 3 is 1.25 bits per heavy atom. The van der Waals surface area contributed by atoms with Gasteiger partial charge in [0.2, 0.25) is 0 Å². The lowest BCUT2D eigenvalue weighted by Crippen LogP contribution is -2.31. The predicted molar refractivity (Wildman–Crippen MR) is 42.5 cm³/mol. The zero-order chi connectivity index (χ0) is 9.24. The standard InChI is InChI=1S/C8H12O4/c1-7(11-9)3-5-8(2,12-10)6-4-7/h3-6,9-10H,1-2H3. The first-order chi connectivity index (χ1) is 5.54. The second-order valence-electron chi connectivity index (χ2n) is 3.22. The molecule has 0 aromatic carbocycles. The molecule has 0 saturated heterocycles. The highest BCUT2D eigenvalue weighted by molar-refractivity contribution is 5.27.